The van der Waals surface area contributed by atoms with Gasteiger partial charge in [-0.2, -0.15) is 0 Å². The van der Waals surface area contributed by atoms with Gasteiger partial charge in [0.25, 0.3) is 0 Å². The van der Waals surface area contributed by atoms with Gasteiger partial charge in [0.1, 0.15) is 5.82 Å². The first-order valence-electron chi connectivity index (χ1n) is 6.42. The van der Waals surface area contributed by atoms with Gasteiger partial charge < -0.3 is 5.32 Å². The maximum atomic E-state index is 13.1. The molecule has 0 atom stereocenters. The summed E-state index contributed by atoms with van der Waals surface area (Å²) in [4.78, 5) is 12.6. The molecule has 0 unspecified atom stereocenters. The summed E-state index contributed by atoms with van der Waals surface area (Å²) in [5.41, 5.74) is 1.03. The van der Waals surface area contributed by atoms with Gasteiger partial charge in [0.05, 0.1) is 0 Å². The number of halogens is 1. The van der Waals surface area contributed by atoms with E-state index in [2.05, 4.69) is 10.2 Å². The molecule has 1 amide bonds. The van der Waals surface area contributed by atoms with Gasteiger partial charge in [-0.05, 0) is 49.5 Å². The number of piperidine rings is 1. The van der Waals surface area contributed by atoms with E-state index >= 15 is 0 Å². The highest BCUT2D eigenvalue weighted by molar-refractivity contribution is 5.45. The number of nitrogens with zero attached hydrogens (tertiary/aromatic N) is 1. The van der Waals surface area contributed by atoms with E-state index in [9.17, 15) is 9.18 Å². The second-order valence-electron chi connectivity index (χ2n) is 4.88. The number of benzene rings is 1. The number of carbonyl (C=O) groups is 1. The molecule has 1 aromatic rings. The van der Waals surface area contributed by atoms with Crippen LogP contribution in [0.25, 0.3) is 0 Å². The first kappa shape index (κ1) is 13.0. The Morgan fingerprint density at radius 2 is 2.17 bits per heavy atom. The van der Waals surface area contributed by atoms with Crippen molar-refractivity contribution in [1.29, 1.82) is 0 Å². The summed E-state index contributed by atoms with van der Waals surface area (Å²) in [6, 6.07) is 6.79. The van der Waals surface area contributed by atoms with Gasteiger partial charge in [-0.25, -0.2) is 4.39 Å². The summed E-state index contributed by atoms with van der Waals surface area (Å²) in [6.45, 7) is 3.62. The molecular formula is C14H19FN2O. The number of amides is 1. The van der Waals surface area contributed by atoms with E-state index in [0.29, 0.717) is 5.92 Å². The van der Waals surface area contributed by atoms with E-state index in [-0.39, 0.29) is 5.82 Å². The molecule has 1 fully saturated rings. The molecule has 2 rings (SSSR count). The molecule has 1 aromatic carbocycles. The lowest BCUT2D eigenvalue weighted by molar-refractivity contribution is -0.109. The van der Waals surface area contributed by atoms with Gasteiger partial charge in [-0.3, -0.25) is 9.69 Å². The summed E-state index contributed by atoms with van der Waals surface area (Å²) in [6.07, 6.45) is 2.95. The monoisotopic (exact) mass is 250 g/mol. The van der Waals surface area contributed by atoms with Crippen molar-refractivity contribution >= 4 is 6.41 Å². The molecule has 0 saturated carbocycles. The molecule has 0 aromatic heterocycles. The van der Waals surface area contributed by atoms with Crippen LogP contribution in [-0.4, -0.2) is 30.9 Å². The fourth-order valence-corrected chi connectivity index (χ4v) is 2.46. The maximum absolute atomic E-state index is 13.1. The Morgan fingerprint density at radius 3 is 2.83 bits per heavy atom. The Bertz CT molecular complexity index is 389. The standard InChI is InChI=1S/C14H19FN2O/c15-14-3-1-2-13(8-14)10-17-6-4-12(5-7-17)9-16-11-18/h1-3,8,11-12H,4-7,9-10H2,(H,16,18). The van der Waals surface area contributed by atoms with Gasteiger partial charge in [0.15, 0.2) is 0 Å². The number of carbonyl (C=O) groups excluding carboxylic acids is 1. The third-order valence-electron chi connectivity index (χ3n) is 3.49. The topological polar surface area (TPSA) is 32.3 Å². The van der Waals surface area contributed by atoms with Crippen LogP contribution in [0.3, 0.4) is 0 Å². The van der Waals surface area contributed by atoms with Crippen molar-refractivity contribution in [2.24, 2.45) is 5.92 Å². The zero-order chi connectivity index (χ0) is 12.8. The summed E-state index contributed by atoms with van der Waals surface area (Å²) < 4.78 is 13.1. The van der Waals surface area contributed by atoms with Crippen LogP contribution in [0, 0.1) is 11.7 Å². The second kappa shape index (κ2) is 6.50. The van der Waals surface area contributed by atoms with E-state index in [0.717, 1.165) is 51.0 Å². The number of hydrogen-bond donors (Lipinski definition) is 1. The predicted octanol–water partition coefficient (Wildman–Crippen LogP) is 1.78. The maximum Gasteiger partial charge on any atom is 0.207 e. The summed E-state index contributed by atoms with van der Waals surface area (Å²) in [5.74, 6) is 0.413. The van der Waals surface area contributed by atoms with Crippen molar-refractivity contribution in [2.75, 3.05) is 19.6 Å². The van der Waals surface area contributed by atoms with Crippen molar-refractivity contribution in [1.82, 2.24) is 10.2 Å². The van der Waals surface area contributed by atoms with Crippen LogP contribution < -0.4 is 5.32 Å². The number of rotatable bonds is 5. The molecule has 0 aliphatic carbocycles. The number of likely N-dealkylation sites (tertiary alicyclic amines) is 1. The molecule has 3 nitrogen and oxygen atoms in total. The van der Waals surface area contributed by atoms with E-state index in [1.54, 1.807) is 12.1 Å². The molecule has 1 N–H and O–H groups in total. The SMILES string of the molecule is O=CNCC1CCN(Cc2cccc(F)c2)CC1. The van der Waals surface area contributed by atoms with Gasteiger partial charge in [0.2, 0.25) is 6.41 Å². The largest absolute Gasteiger partial charge is 0.358 e. The average molecular weight is 250 g/mol. The summed E-state index contributed by atoms with van der Waals surface area (Å²) in [5, 5.41) is 2.74. The Balaban J connectivity index is 1.78. The number of hydrogen-bond acceptors (Lipinski definition) is 2. The van der Waals surface area contributed by atoms with Gasteiger partial charge >= 0.3 is 0 Å². The van der Waals surface area contributed by atoms with Gasteiger partial charge in [-0.15, -0.1) is 0 Å². The Labute approximate surface area is 107 Å². The molecule has 18 heavy (non-hydrogen) atoms. The first-order chi connectivity index (χ1) is 8.78. The smallest absolute Gasteiger partial charge is 0.207 e. The summed E-state index contributed by atoms with van der Waals surface area (Å²) in [7, 11) is 0. The number of nitrogens with one attached hydrogen (secondary N) is 1. The highest BCUT2D eigenvalue weighted by Crippen LogP contribution is 2.18. The van der Waals surface area contributed by atoms with E-state index in [4.69, 9.17) is 0 Å². The minimum absolute atomic E-state index is 0.169. The molecule has 0 spiro atoms. The van der Waals surface area contributed by atoms with E-state index in [1.165, 1.54) is 6.07 Å². The minimum Gasteiger partial charge on any atom is -0.358 e. The van der Waals surface area contributed by atoms with Crippen molar-refractivity contribution in [3.63, 3.8) is 0 Å². The van der Waals surface area contributed by atoms with E-state index < -0.39 is 0 Å². The van der Waals surface area contributed by atoms with E-state index in [1.807, 2.05) is 6.07 Å². The normalized spacial score (nSPS) is 17.6. The Kier molecular flexibility index (Phi) is 4.70. The highest BCUT2D eigenvalue weighted by Gasteiger charge is 2.18. The summed E-state index contributed by atoms with van der Waals surface area (Å²) >= 11 is 0. The fourth-order valence-electron chi connectivity index (χ4n) is 2.46. The van der Waals surface area contributed by atoms with Crippen molar-refractivity contribution in [3.05, 3.63) is 35.6 Å². The third-order valence-corrected chi connectivity index (χ3v) is 3.49. The van der Waals surface area contributed by atoms with Crippen LogP contribution in [-0.2, 0) is 11.3 Å². The van der Waals surface area contributed by atoms with Gasteiger partial charge in [-0.1, -0.05) is 12.1 Å². The average Bonchev–Trinajstić information content (AvgIpc) is 2.38. The molecule has 1 aliphatic heterocycles. The van der Waals surface area contributed by atoms with Crippen molar-refractivity contribution in [2.45, 2.75) is 19.4 Å². The molecule has 0 radical (unpaired) electrons. The van der Waals surface area contributed by atoms with Crippen molar-refractivity contribution < 1.29 is 9.18 Å². The fraction of sp³-hybridized carbons (Fsp3) is 0.500. The van der Waals surface area contributed by atoms with Crippen LogP contribution in [0.2, 0.25) is 0 Å². The Hall–Kier alpha value is -1.42. The highest BCUT2D eigenvalue weighted by atomic mass is 19.1. The Morgan fingerprint density at radius 1 is 1.39 bits per heavy atom. The minimum atomic E-state index is -0.169. The van der Waals surface area contributed by atoms with Crippen LogP contribution in [0.15, 0.2) is 24.3 Å². The van der Waals surface area contributed by atoms with Crippen molar-refractivity contribution in [3.8, 4) is 0 Å². The third kappa shape index (κ3) is 3.81. The molecular weight excluding hydrogens is 231 g/mol. The van der Waals surface area contributed by atoms with Crippen LogP contribution in [0.4, 0.5) is 4.39 Å². The second-order valence-corrected chi connectivity index (χ2v) is 4.88. The predicted molar refractivity (Wildman–Crippen MR) is 68.5 cm³/mol. The zero-order valence-corrected chi connectivity index (χ0v) is 10.4. The van der Waals surface area contributed by atoms with Crippen LogP contribution in [0.1, 0.15) is 18.4 Å². The molecule has 1 aliphatic rings. The molecule has 1 saturated heterocycles. The molecule has 0 bridgehead atoms. The van der Waals surface area contributed by atoms with Crippen LogP contribution >= 0.6 is 0 Å². The lowest BCUT2D eigenvalue weighted by Crippen LogP contribution is -2.36. The zero-order valence-electron chi connectivity index (χ0n) is 10.4. The quantitative estimate of drug-likeness (QED) is 0.808. The molecule has 1 heterocycles. The molecule has 98 valence electrons. The lowest BCUT2D eigenvalue weighted by atomic mass is 9.96. The first-order valence-corrected chi connectivity index (χ1v) is 6.42. The molecule has 4 heteroatoms. The lowest BCUT2D eigenvalue weighted by Gasteiger charge is -2.31. The van der Waals surface area contributed by atoms with Crippen LogP contribution in [0.5, 0.6) is 0 Å². The van der Waals surface area contributed by atoms with Gasteiger partial charge in [0, 0.05) is 13.1 Å².